The Bertz CT molecular complexity index is 279. The number of carbonyl (C=O) groups is 1. The highest BCUT2D eigenvalue weighted by molar-refractivity contribution is 5.85. The van der Waals surface area contributed by atoms with Gasteiger partial charge in [-0.2, -0.15) is 0 Å². The zero-order valence-electron chi connectivity index (χ0n) is 11.9. The van der Waals surface area contributed by atoms with Crippen molar-refractivity contribution in [2.75, 3.05) is 26.2 Å². The van der Waals surface area contributed by atoms with Crippen LogP contribution < -0.4 is 5.73 Å². The van der Waals surface area contributed by atoms with Crippen LogP contribution in [0.25, 0.3) is 0 Å². The number of nitrogens with zero attached hydrogens (tertiary/aromatic N) is 1. The third-order valence-electron chi connectivity index (χ3n) is 2.97. The molecule has 1 saturated heterocycles. The standard InChI is InChI=1S/C13H26N2O3/c1-10(2)17-7-5-6-15-9-11(8-14)18-13(3,4)12(15)16/h10-11H,5-9,14H2,1-4H3. The van der Waals surface area contributed by atoms with Crippen molar-refractivity contribution in [3.8, 4) is 0 Å². The van der Waals surface area contributed by atoms with Gasteiger partial charge in [0.2, 0.25) is 0 Å². The van der Waals surface area contributed by atoms with Gasteiger partial charge in [0.15, 0.2) is 0 Å². The van der Waals surface area contributed by atoms with Crippen molar-refractivity contribution in [2.45, 2.75) is 51.9 Å². The molecule has 5 heteroatoms. The third kappa shape index (κ3) is 4.23. The third-order valence-corrected chi connectivity index (χ3v) is 2.97. The number of hydrogen-bond acceptors (Lipinski definition) is 4. The average molecular weight is 258 g/mol. The molecule has 0 aliphatic carbocycles. The van der Waals surface area contributed by atoms with Gasteiger partial charge < -0.3 is 20.1 Å². The maximum atomic E-state index is 12.2. The van der Waals surface area contributed by atoms with E-state index in [9.17, 15) is 4.79 Å². The number of rotatable bonds is 6. The summed E-state index contributed by atoms with van der Waals surface area (Å²) in [6.45, 7) is 10.0. The molecule has 1 amide bonds. The van der Waals surface area contributed by atoms with Crippen LogP contribution in [0.15, 0.2) is 0 Å². The van der Waals surface area contributed by atoms with Crippen LogP contribution in [-0.2, 0) is 14.3 Å². The Kier molecular flexibility index (Phi) is 5.56. The van der Waals surface area contributed by atoms with Crippen molar-refractivity contribution in [2.24, 2.45) is 5.73 Å². The number of nitrogens with two attached hydrogens (primary N) is 1. The molecule has 1 aliphatic heterocycles. The molecular formula is C13H26N2O3. The first-order valence-corrected chi connectivity index (χ1v) is 6.65. The van der Waals surface area contributed by atoms with Crippen LogP contribution >= 0.6 is 0 Å². The van der Waals surface area contributed by atoms with Gasteiger partial charge in [-0.3, -0.25) is 4.79 Å². The van der Waals surface area contributed by atoms with Crippen molar-refractivity contribution < 1.29 is 14.3 Å². The van der Waals surface area contributed by atoms with E-state index in [4.69, 9.17) is 15.2 Å². The van der Waals surface area contributed by atoms with Gasteiger partial charge in [0.25, 0.3) is 5.91 Å². The lowest BCUT2D eigenvalue weighted by Crippen LogP contribution is -2.58. The van der Waals surface area contributed by atoms with Crippen molar-refractivity contribution >= 4 is 5.91 Å². The maximum absolute atomic E-state index is 12.2. The average Bonchev–Trinajstić information content (AvgIpc) is 2.29. The Morgan fingerprint density at radius 2 is 2.22 bits per heavy atom. The van der Waals surface area contributed by atoms with E-state index in [0.29, 0.717) is 26.2 Å². The highest BCUT2D eigenvalue weighted by Gasteiger charge is 2.40. The van der Waals surface area contributed by atoms with Gasteiger partial charge in [0, 0.05) is 26.2 Å². The summed E-state index contributed by atoms with van der Waals surface area (Å²) in [6, 6.07) is 0. The Morgan fingerprint density at radius 1 is 1.56 bits per heavy atom. The van der Waals surface area contributed by atoms with Crippen molar-refractivity contribution in [1.29, 1.82) is 0 Å². The Morgan fingerprint density at radius 3 is 2.78 bits per heavy atom. The lowest BCUT2D eigenvalue weighted by Gasteiger charge is -2.41. The summed E-state index contributed by atoms with van der Waals surface area (Å²) in [5.74, 6) is 0.0387. The molecule has 0 saturated carbocycles. The van der Waals surface area contributed by atoms with Crippen LogP contribution in [0.1, 0.15) is 34.1 Å². The van der Waals surface area contributed by atoms with Crippen molar-refractivity contribution in [1.82, 2.24) is 4.90 Å². The Labute approximate surface area is 110 Å². The minimum atomic E-state index is -0.763. The first-order valence-electron chi connectivity index (χ1n) is 6.65. The van der Waals surface area contributed by atoms with Gasteiger partial charge in [-0.05, 0) is 34.1 Å². The molecule has 1 atom stereocenters. The predicted octanol–water partition coefficient (Wildman–Crippen LogP) is 0.766. The monoisotopic (exact) mass is 258 g/mol. The minimum Gasteiger partial charge on any atom is -0.379 e. The van der Waals surface area contributed by atoms with E-state index in [0.717, 1.165) is 6.42 Å². The molecule has 1 aliphatic rings. The minimum absolute atomic E-state index is 0.0387. The second-order valence-electron chi connectivity index (χ2n) is 5.51. The number of carbonyl (C=O) groups excluding carboxylic acids is 1. The van der Waals surface area contributed by atoms with Gasteiger partial charge in [-0.15, -0.1) is 0 Å². The second kappa shape index (κ2) is 6.50. The Hall–Kier alpha value is -0.650. The van der Waals surface area contributed by atoms with E-state index >= 15 is 0 Å². The summed E-state index contributed by atoms with van der Waals surface area (Å²) in [5, 5.41) is 0. The molecule has 106 valence electrons. The van der Waals surface area contributed by atoms with Crippen LogP contribution in [0, 0.1) is 0 Å². The van der Waals surface area contributed by atoms with E-state index in [1.807, 2.05) is 18.7 Å². The topological polar surface area (TPSA) is 64.8 Å². The fourth-order valence-corrected chi connectivity index (χ4v) is 2.10. The van der Waals surface area contributed by atoms with E-state index < -0.39 is 5.60 Å². The van der Waals surface area contributed by atoms with E-state index in [-0.39, 0.29) is 18.1 Å². The predicted molar refractivity (Wildman–Crippen MR) is 70.3 cm³/mol. The highest BCUT2D eigenvalue weighted by atomic mass is 16.5. The SMILES string of the molecule is CC(C)OCCCN1CC(CN)OC(C)(C)C1=O. The number of ether oxygens (including phenoxy) is 2. The zero-order valence-corrected chi connectivity index (χ0v) is 11.9. The van der Waals surface area contributed by atoms with Gasteiger partial charge in [0.1, 0.15) is 5.60 Å². The van der Waals surface area contributed by atoms with Gasteiger partial charge >= 0.3 is 0 Å². The van der Waals surface area contributed by atoms with Gasteiger partial charge in [-0.25, -0.2) is 0 Å². The van der Waals surface area contributed by atoms with Crippen LogP contribution in [0.3, 0.4) is 0 Å². The van der Waals surface area contributed by atoms with Crippen molar-refractivity contribution in [3.05, 3.63) is 0 Å². The normalized spacial score (nSPS) is 23.8. The molecule has 0 bridgehead atoms. The van der Waals surface area contributed by atoms with Crippen LogP contribution in [0.2, 0.25) is 0 Å². The number of morpholine rings is 1. The molecule has 1 rings (SSSR count). The van der Waals surface area contributed by atoms with E-state index in [1.54, 1.807) is 13.8 Å². The van der Waals surface area contributed by atoms with Crippen LogP contribution in [-0.4, -0.2) is 54.9 Å². The number of amides is 1. The molecule has 1 fully saturated rings. The molecule has 0 aromatic heterocycles. The molecule has 5 nitrogen and oxygen atoms in total. The zero-order chi connectivity index (χ0) is 13.8. The summed E-state index contributed by atoms with van der Waals surface area (Å²) in [7, 11) is 0. The van der Waals surface area contributed by atoms with Gasteiger partial charge in [-0.1, -0.05) is 0 Å². The quantitative estimate of drug-likeness (QED) is 0.715. The maximum Gasteiger partial charge on any atom is 0.254 e. The molecular weight excluding hydrogens is 232 g/mol. The molecule has 0 aromatic carbocycles. The van der Waals surface area contributed by atoms with Gasteiger partial charge in [0.05, 0.1) is 12.2 Å². The van der Waals surface area contributed by atoms with Crippen LogP contribution in [0.4, 0.5) is 0 Å². The summed E-state index contributed by atoms with van der Waals surface area (Å²) < 4.78 is 11.1. The van der Waals surface area contributed by atoms with E-state index in [1.165, 1.54) is 0 Å². The summed E-state index contributed by atoms with van der Waals surface area (Å²) >= 11 is 0. The molecule has 0 spiro atoms. The molecule has 1 heterocycles. The first-order chi connectivity index (χ1) is 8.36. The van der Waals surface area contributed by atoms with E-state index in [2.05, 4.69) is 0 Å². The lowest BCUT2D eigenvalue weighted by molar-refractivity contribution is -0.178. The summed E-state index contributed by atoms with van der Waals surface area (Å²) in [6.07, 6.45) is 1.01. The summed E-state index contributed by atoms with van der Waals surface area (Å²) in [4.78, 5) is 14.0. The second-order valence-corrected chi connectivity index (χ2v) is 5.51. The largest absolute Gasteiger partial charge is 0.379 e. The smallest absolute Gasteiger partial charge is 0.254 e. The fourth-order valence-electron chi connectivity index (χ4n) is 2.10. The summed E-state index contributed by atoms with van der Waals surface area (Å²) in [5.41, 5.74) is 4.88. The highest BCUT2D eigenvalue weighted by Crippen LogP contribution is 2.22. The van der Waals surface area contributed by atoms with Crippen molar-refractivity contribution in [3.63, 3.8) is 0 Å². The first kappa shape index (κ1) is 15.4. The molecule has 2 N–H and O–H groups in total. The number of hydrogen-bond donors (Lipinski definition) is 1. The fraction of sp³-hybridized carbons (Fsp3) is 0.923. The lowest BCUT2D eigenvalue weighted by atomic mass is 10.0. The Balaban J connectivity index is 2.45. The molecule has 18 heavy (non-hydrogen) atoms. The molecule has 0 radical (unpaired) electrons. The molecule has 0 aromatic rings. The molecule has 1 unspecified atom stereocenters. The van der Waals surface area contributed by atoms with Crippen LogP contribution in [0.5, 0.6) is 0 Å².